The molecule has 1 aromatic carbocycles. The second kappa shape index (κ2) is 5.05. The van der Waals surface area contributed by atoms with E-state index >= 15 is 0 Å². The molecule has 0 unspecified atom stereocenters. The third-order valence-electron chi connectivity index (χ3n) is 2.63. The Labute approximate surface area is 113 Å². The number of para-hydroxylation sites is 1. The summed E-state index contributed by atoms with van der Waals surface area (Å²) in [6.45, 7) is 0. The van der Waals surface area contributed by atoms with Gasteiger partial charge in [-0.05, 0) is 18.2 Å². The maximum absolute atomic E-state index is 13.5. The second-order valence-corrected chi connectivity index (χ2v) is 4.07. The van der Waals surface area contributed by atoms with Gasteiger partial charge in [0.2, 0.25) is 0 Å². The highest BCUT2D eigenvalue weighted by atomic mass is 19.4. The number of aromatic nitrogens is 2. The first kappa shape index (κ1) is 15.3. The van der Waals surface area contributed by atoms with Crippen LogP contribution in [0, 0.1) is 0 Å². The molecule has 0 saturated heterocycles. The normalized spacial score (nSPS) is 13.0. The lowest BCUT2D eigenvalue weighted by Crippen LogP contribution is -2.35. The van der Waals surface area contributed by atoms with Gasteiger partial charge in [-0.3, -0.25) is 0 Å². The Kier molecular flexibility index (Phi) is 3.68. The van der Waals surface area contributed by atoms with E-state index in [1.807, 2.05) is 0 Å². The fraction of sp³-hybridized carbons (Fsp3) is 0.250. The van der Waals surface area contributed by atoms with E-state index in [0.29, 0.717) is 0 Å². The molecule has 0 N–H and O–H groups in total. The van der Waals surface area contributed by atoms with Gasteiger partial charge in [-0.1, -0.05) is 18.2 Å². The molecule has 2 nitrogen and oxygen atoms in total. The molecular weight excluding hydrogens is 305 g/mol. The molecule has 1 aromatic heterocycles. The minimum atomic E-state index is -5.92. The molecule has 0 aliphatic heterocycles. The fourth-order valence-corrected chi connectivity index (χ4v) is 1.64. The lowest BCUT2D eigenvalue weighted by atomic mass is 10.2. The van der Waals surface area contributed by atoms with E-state index < -0.39 is 29.9 Å². The Morgan fingerprint density at radius 1 is 0.952 bits per heavy atom. The van der Waals surface area contributed by atoms with E-state index in [0.717, 1.165) is 0 Å². The van der Waals surface area contributed by atoms with Crippen molar-refractivity contribution >= 4 is 0 Å². The first-order chi connectivity index (χ1) is 9.64. The van der Waals surface area contributed by atoms with Crippen LogP contribution in [0.15, 0.2) is 36.4 Å². The topological polar surface area (TPSA) is 17.8 Å². The zero-order chi connectivity index (χ0) is 15.8. The van der Waals surface area contributed by atoms with Crippen LogP contribution in [0.5, 0.6) is 0 Å². The van der Waals surface area contributed by atoms with Crippen molar-refractivity contribution in [2.24, 2.45) is 0 Å². The number of rotatable bonds is 3. The van der Waals surface area contributed by atoms with Crippen molar-refractivity contribution < 1.29 is 30.7 Å². The molecule has 114 valence electrons. The van der Waals surface area contributed by atoms with Gasteiger partial charge in [-0.15, -0.1) is 0 Å². The Hall–Kier alpha value is -2.06. The lowest BCUT2D eigenvalue weighted by Gasteiger charge is -2.20. The molecule has 9 heteroatoms. The lowest BCUT2D eigenvalue weighted by molar-refractivity contribution is -0.291. The number of hydrogen-bond acceptors (Lipinski definition) is 1. The molecule has 0 radical (unpaired) electrons. The van der Waals surface area contributed by atoms with E-state index in [1.54, 1.807) is 0 Å². The monoisotopic (exact) mass is 312 g/mol. The SMILES string of the molecule is FC(F)c1cc(C(F)(F)C(F)(F)F)n(-c2ccccc2)n1. The average molecular weight is 312 g/mol. The van der Waals surface area contributed by atoms with Crippen molar-refractivity contribution in [3.63, 3.8) is 0 Å². The predicted octanol–water partition coefficient (Wildman–Crippen LogP) is 4.46. The molecule has 0 amide bonds. The molecule has 0 fully saturated rings. The van der Waals surface area contributed by atoms with Crippen LogP contribution in [0.1, 0.15) is 17.8 Å². The summed E-state index contributed by atoms with van der Waals surface area (Å²) in [6, 6.07) is 6.62. The van der Waals surface area contributed by atoms with Crippen molar-refractivity contribution in [2.45, 2.75) is 18.5 Å². The van der Waals surface area contributed by atoms with Gasteiger partial charge in [0.15, 0.2) is 0 Å². The van der Waals surface area contributed by atoms with Gasteiger partial charge >= 0.3 is 12.1 Å². The summed E-state index contributed by atoms with van der Waals surface area (Å²) < 4.78 is 89.5. The van der Waals surface area contributed by atoms with Crippen molar-refractivity contribution in [2.75, 3.05) is 0 Å². The molecule has 21 heavy (non-hydrogen) atoms. The molecule has 0 atom stereocenters. The zero-order valence-corrected chi connectivity index (χ0v) is 10.1. The van der Waals surface area contributed by atoms with Crippen LogP contribution in [0.25, 0.3) is 5.69 Å². The second-order valence-electron chi connectivity index (χ2n) is 4.07. The van der Waals surface area contributed by atoms with Crippen LogP contribution < -0.4 is 0 Å². The third kappa shape index (κ3) is 2.72. The van der Waals surface area contributed by atoms with Crippen molar-refractivity contribution in [1.82, 2.24) is 9.78 Å². The summed E-state index contributed by atoms with van der Waals surface area (Å²) in [7, 11) is 0. The first-order valence-electron chi connectivity index (χ1n) is 5.53. The van der Waals surface area contributed by atoms with Crippen LogP contribution in [0.3, 0.4) is 0 Å². The van der Waals surface area contributed by atoms with Crippen molar-refractivity contribution in [3.8, 4) is 5.69 Å². The molecule has 0 aliphatic rings. The maximum Gasteiger partial charge on any atom is 0.459 e. The van der Waals surface area contributed by atoms with Crippen LogP contribution in [0.2, 0.25) is 0 Å². The van der Waals surface area contributed by atoms with E-state index in [-0.39, 0.29) is 16.4 Å². The predicted molar refractivity (Wildman–Crippen MR) is 58.5 cm³/mol. The van der Waals surface area contributed by atoms with E-state index in [1.165, 1.54) is 30.3 Å². The van der Waals surface area contributed by atoms with Crippen LogP contribution in [0.4, 0.5) is 30.7 Å². The minimum Gasteiger partial charge on any atom is -0.231 e. The summed E-state index contributed by atoms with van der Waals surface area (Å²) in [5.74, 6) is -5.30. The highest BCUT2D eigenvalue weighted by Crippen LogP contribution is 2.45. The van der Waals surface area contributed by atoms with Gasteiger partial charge in [-0.2, -0.15) is 27.1 Å². The molecule has 2 aromatic rings. The van der Waals surface area contributed by atoms with E-state index in [2.05, 4.69) is 5.10 Å². The van der Waals surface area contributed by atoms with Gasteiger partial charge in [0.25, 0.3) is 6.43 Å². The molecule has 1 heterocycles. The Morgan fingerprint density at radius 2 is 1.52 bits per heavy atom. The summed E-state index contributed by atoms with van der Waals surface area (Å²) >= 11 is 0. The van der Waals surface area contributed by atoms with Gasteiger partial charge in [0.05, 0.1) is 5.69 Å². The first-order valence-corrected chi connectivity index (χ1v) is 5.53. The standard InChI is InChI=1S/C12H7F7N2/c13-10(14)8-6-9(11(15,16)12(17,18)19)21(20-8)7-4-2-1-3-5-7/h1-6,10H. The number of nitrogens with zero attached hydrogens (tertiary/aromatic N) is 2. The highest BCUT2D eigenvalue weighted by Gasteiger charge is 2.61. The van der Waals surface area contributed by atoms with Gasteiger partial charge < -0.3 is 0 Å². The number of benzene rings is 1. The fourth-order valence-electron chi connectivity index (χ4n) is 1.64. The van der Waals surface area contributed by atoms with Crippen LogP contribution in [-0.2, 0) is 5.92 Å². The van der Waals surface area contributed by atoms with Crippen molar-refractivity contribution in [1.29, 1.82) is 0 Å². The molecule has 2 rings (SSSR count). The van der Waals surface area contributed by atoms with Gasteiger partial charge in [0.1, 0.15) is 11.4 Å². The summed E-state index contributed by atoms with van der Waals surface area (Å²) in [4.78, 5) is 0. The summed E-state index contributed by atoms with van der Waals surface area (Å²) in [5.41, 5.74) is -2.99. The molecule has 0 saturated carbocycles. The van der Waals surface area contributed by atoms with E-state index in [4.69, 9.17) is 0 Å². The van der Waals surface area contributed by atoms with Gasteiger partial charge in [0, 0.05) is 0 Å². The Balaban J connectivity index is 2.65. The highest BCUT2D eigenvalue weighted by molar-refractivity contribution is 5.35. The molecule has 0 aliphatic carbocycles. The number of alkyl halides is 7. The van der Waals surface area contributed by atoms with Crippen LogP contribution in [-0.4, -0.2) is 16.0 Å². The summed E-state index contributed by atoms with van der Waals surface area (Å²) in [5, 5.41) is 3.15. The van der Waals surface area contributed by atoms with E-state index in [9.17, 15) is 30.7 Å². The Bertz CT molecular complexity index is 616. The van der Waals surface area contributed by atoms with Crippen LogP contribution >= 0.6 is 0 Å². The average Bonchev–Trinajstić information content (AvgIpc) is 2.84. The molecule has 0 bridgehead atoms. The molecule has 0 spiro atoms. The smallest absolute Gasteiger partial charge is 0.231 e. The number of hydrogen-bond donors (Lipinski definition) is 0. The Morgan fingerprint density at radius 3 is 2.00 bits per heavy atom. The largest absolute Gasteiger partial charge is 0.459 e. The quantitative estimate of drug-likeness (QED) is 0.765. The zero-order valence-electron chi connectivity index (χ0n) is 10.1. The van der Waals surface area contributed by atoms with Gasteiger partial charge in [-0.25, -0.2) is 13.5 Å². The summed E-state index contributed by atoms with van der Waals surface area (Å²) in [6.07, 6.45) is -9.18. The third-order valence-corrected chi connectivity index (χ3v) is 2.63. The number of halogens is 7. The maximum atomic E-state index is 13.5. The van der Waals surface area contributed by atoms with Crippen molar-refractivity contribution in [3.05, 3.63) is 47.8 Å². The molecular formula is C12H7F7N2. The minimum absolute atomic E-state index is 0.0607.